The molecule has 1 unspecified atom stereocenters. The van der Waals surface area contributed by atoms with Crippen LogP contribution in [-0.4, -0.2) is 13.1 Å². The lowest BCUT2D eigenvalue weighted by Crippen LogP contribution is -2.48. The standard InChI is InChI=1S/C7H15N.C3H8/c1-7(2)5-4-6(7)8-3;1-3-2/h6,8H,4-5H2,1-3H3;3H2,1-2H3. The van der Waals surface area contributed by atoms with Crippen LogP contribution in [0.4, 0.5) is 0 Å². The van der Waals surface area contributed by atoms with E-state index in [-0.39, 0.29) is 0 Å². The van der Waals surface area contributed by atoms with Crippen molar-refractivity contribution in [2.45, 2.75) is 53.0 Å². The summed E-state index contributed by atoms with van der Waals surface area (Å²) in [4.78, 5) is 0. The van der Waals surface area contributed by atoms with E-state index in [0.29, 0.717) is 5.41 Å². The minimum absolute atomic E-state index is 0.578. The Morgan fingerprint density at radius 3 is 1.82 bits per heavy atom. The molecule has 1 saturated carbocycles. The van der Waals surface area contributed by atoms with E-state index in [9.17, 15) is 0 Å². The lowest BCUT2D eigenvalue weighted by molar-refractivity contribution is 0.117. The van der Waals surface area contributed by atoms with Gasteiger partial charge in [-0.2, -0.15) is 0 Å². The zero-order chi connectivity index (χ0) is 8.91. The minimum atomic E-state index is 0.578. The normalized spacial score (nSPS) is 26.5. The molecule has 1 rings (SSSR count). The molecule has 0 amide bonds. The summed E-state index contributed by atoms with van der Waals surface area (Å²) in [6, 6.07) is 0.780. The van der Waals surface area contributed by atoms with Crippen LogP contribution >= 0.6 is 0 Å². The SMILES string of the molecule is CCC.CNC1CCC1(C)C. The van der Waals surface area contributed by atoms with Crippen molar-refractivity contribution < 1.29 is 0 Å². The molecule has 1 nitrogen and oxygen atoms in total. The zero-order valence-corrected chi connectivity index (χ0v) is 8.70. The van der Waals surface area contributed by atoms with Crippen LogP contribution in [0.1, 0.15) is 47.0 Å². The summed E-state index contributed by atoms with van der Waals surface area (Å²) >= 11 is 0. The van der Waals surface area contributed by atoms with Gasteiger partial charge in [0.2, 0.25) is 0 Å². The van der Waals surface area contributed by atoms with Crippen molar-refractivity contribution in [1.82, 2.24) is 5.32 Å². The van der Waals surface area contributed by atoms with Gasteiger partial charge in [0.25, 0.3) is 0 Å². The lowest BCUT2D eigenvalue weighted by atomic mass is 9.67. The van der Waals surface area contributed by atoms with Gasteiger partial charge in [0.1, 0.15) is 0 Å². The fourth-order valence-corrected chi connectivity index (χ4v) is 1.40. The average molecular weight is 157 g/mol. The predicted molar refractivity (Wildman–Crippen MR) is 51.8 cm³/mol. The summed E-state index contributed by atoms with van der Waals surface area (Å²) in [5.41, 5.74) is 0.578. The molecule has 1 N–H and O–H groups in total. The lowest BCUT2D eigenvalue weighted by Gasteiger charge is -2.44. The molecule has 0 radical (unpaired) electrons. The van der Waals surface area contributed by atoms with Crippen LogP contribution in [0.25, 0.3) is 0 Å². The summed E-state index contributed by atoms with van der Waals surface area (Å²) in [5, 5.41) is 3.29. The molecule has 0 heterocycles. The van der Waals surface area contributed by atoms with E-state index < -0.39 is 0 Å². The summed E-state index contributed by atoms with van der Waals surface area (Å²) in [5.74, 6) is 0. The quantitative estimate of drug-likeness (QED) is 0.617. The van der Waals surface area contributed by atoms with Crippen molar-refractivity contribution in [3.8, 4) is 0 Å². The molecule has 0 aromatic carbocycles. The van der Waals surface area contributed by atoms with Crippen LogP contribution in [0, 0.1) is 5.41 Å². The second-order valence-corrected chi connectivity index (χ2v) is 4.08. The van der Waals surface area contributed by atoms with Crippen LogP contribution in [0.2, 0.25) is 0 Å². The molecule has 1 heteroatoms. The molecule has 68 valence electrons. The maximum atomic E-state index is 3.29. The molecule has 1 aliphatic rings. The Hall–Kier alpha value is -0.0400. The Labute approximate surface area is 71.6 Å². The van der Waals surface area contributed by atoms with Gasteiger partial charge in [0.15, 0.2) is 0 Å². The van der Waals surface area contributed by atoms with Crippen LogP contribution in [0.15, 0.2) is 0 Å². The van der Waals surface area contributed by atoms with Crippen molar-refractivity contribution in [1.29, 1.82) is 0 Å². The maximum absolute atomic E-state index is 3.29. The third kappa shape index (κ3) is 3.24. The second kappa shape index (κ2) is 4.76. The highest BCUT2D eigenvalue weighted by atomic mass is 14.9. The largest absolute Gasteiger partial charge is 0.316 e. The first-order chi connectivity index (χ1) is 5.08. The molecular weight excluding hydrogens is 134 g/mol. The van der Waals surface area contributed by atoms with Gasteiger partial charge in [-0.3, -0.25) is 0 Å². The van der Waals surface area contributed by atoms with E-state index in [1.54, 1.807) is 0 Å². The highest BCUT2D eigenvalue weighted by molar-refractivity contribution is 4.92. The summed E-state index contributed by atoms with van der Waals surface area (Å²) in [7, 11) is 2.05. The van der Waals surface area contributed by atoms with Gasteiger partial charge < -0.3 is 5.32 Å². The monoisotopic (exact) mass is 157 g/mol. The first kappa shape index (κ1) is 11.0. The van der Waals surface area contributed by atoms with Gasteiger partial charge in [-0.1, -0.05) is 34.1 Å². The van der Waals surface area contributed by atoms with Gasteiger partial charge in [0, 0.05) is 6.04 Å². The van der Waals surface area contributed by atoms with Gasteiger partial charge in [-0.25, -0.2) is 0 Å². The summed E-state index contributed by atoms with van der Waals surface area (Å²) < 4.78 is 0. The minimum Gasteiger partial charge on any atom is -0.316 e. The van der Waals surface area contributed by atoms with E-state index in [1.807, 2.05) is 7.05 Å². The molecule has 0 aromatic heterocycles. The third-order valence-corrected chi connectivity index (χ3v) is 2.37. The van der Waals surface area contributed by atoms with Gasteiger partial charge in [-0.05, 0) is 25.3 Å². The van der Waals surface area contributed by atoms with Crippen LogP contribution in [0.3, 0.4) is 0 Å². The van der Waals surface area contributed by atoms with Crippen molar-refractivity contribution in [3.05, 3.63) is 0 Å². The molecule has 11 heavy (non-hydrogen) atoms. The fraction of sp³-hybridized carbons (Fsp3) is 1.00. The van der Waals surface area contributed by atoms with E-state index in [0.717, 1.165) is 6.04 Å². The summed E-state index contributed by atoms with van der Waals surface area (Å²) in [6.07, 6.45) is 4.00. The van der Waals surface area contributed by atoms with E-state index in [1.165, 1.54) is 19.3 Å². The number of nitrogens with one attached hydrogen (secondary N) is 1. The Morgan fingerprint density at radius 1 is 1.36 bits per heavy atom. The Kier molecular flexibility index (Phi) is 4.74. The number of rotatable bonds is 1. The highest BCUT2D eigenvalue weighted by Gasteiger charge is 2.36. The van der Waals surface area contributed by atoms with Crippen molar-refractivity contribution in [2.24, 2.45) is 5.41 Å². The van der Waals surface area contributed by atoms with Gasteiger partial charge in [0.05, 0.1) is 0 Å². The Balaban J connectivity index is 0.000000292. The molecule has 0 spiro atoms. The average Bonchev–Trinajstić information content (AvgIpc) is 1.89. The van der Waals surface area contributed by atoms with E-state index in [4.69, 9.17) is 0 Å². The fourth-order valence-electron chi connectivity index (χ4n) is 1.40. The molecular formula is C10H23N. The van der Waals surface area contributed by atoms with Gasteiger partial charge >= 0.3 is 0 Å². The molecule has 0 aliphatic heterocycles. The highest BCUT2D eigenvalue weighted by Crippen LogP contribution is 2.39. The first-order valence-corrected chi connectivity index (χ1v) is 4.75. The van der Waals surface area contributed by atoms with Crippen LogP contribution in [0.5, 0.6) is 0 Å². The van der Waals surface area contributed by atoms with Crippen molar-refractivity contribution in [2.75, 3.05) is 7.05 Å². The maximum Gasteiger partial charge on any atom is 0.0115 e. The van der Waals surface area contributed by atoms with Crippen LogP contribution < -0.4 is 5.32 Å². The molecule has 0 bridgehead atoms. The zero-order valence-electron chi connectivity index (χ0n) is 8.70. The smallest absolute Gasteiger partial charge is 0.0115 e. The Morgan fingerprint density at radius 2 is 1.82 bits per heavy atom. The second-order valence-electron chi connectivity index (χ2n) is 4.08. The molecule has 0 saturated heterocycles. The van der Waals surface area contributed by atoms with Crippen LogP contribution in [-0.2, 0) is 0 Å². The molecule has 0 aromatic rings. The van der Waals surface area contributed by atoms with Gasteiger partial charge in [-0.15, -0.1) is 0 Å². The third-order valence-electron chi connectivity index (χ3n) is 2.37. The van der Waals surface area contributed by atoms with E-state index in [2.05, 4.69) is 33.0 Å². The first-order valence-electron chi connectivity index (χ1n) is 4.75. The van der Waals surface area contributed by atoms with E-state index >= 15 is 0 Å². The van der Waals surface area contributed by atoms with Crippen molar-refractivity contribution in [3.63, 3.8) is 0 Å². The number of hydrogen-bond acceptors (Lipinski definition) is 1. The topological polar surface area (TPSA) is 12.0 Å². The summed E-state index contributed by atoms with van der Waals surface area (Å²) in [6.45, 7) is 8.88. The Bertz CT molecular complexity index is 95.0. The molecule has 1 atom stereocenters. The molecule has 1 fully saturated rings. The predicted octanol–water partition coefficient (Wildman–Crippen LogP) is 2.81. The molecule has 1 aliphatic carbocycles. The van der Waals surface area contributed by atoms with Crippen molar-refractivity contribution >= 4 is 0 Å². The number of hydrogen-bond donors (Lipinski definition) is 1.